The minimum absolute atomic E-state index is 0.00172. The zero-order valence-corrected chi connectivity index (χ0v) is 18.8. The van der Waals surface area contributed by atoms with Gasteiger partial charge < -0.3 is 14.8 Å². The van der Waals surface area contributed by atoms with E-state index in [1.165, 1.54) is 11.3 Å². The van der Waals surface area contributed by atoms with Crippen LogP contribution in [-0.2, 0) is 21.5 Å². The van der Waals surface area contributed by atoms with Crippen molar-refractivity contribution in [2.45, 2.75) is 45.6 Å². The number of carbonyl (C=O) groups is 2. The lowest BCUT2D eigenvalue weighted by molar-refractivity contribution is -0.121. The number of rotatable bonds is 9. The number of benzene rings is 1. The van der Waals surface area contributed by atoms with Crippen molar-refractivity contribution in [2.24, 2.45) is 0 Å². The number of amides is 2. The monoisotopic (exact) mass is 431 g/mol. The van der Waals surface area contributed by atoms with Crippen LogP contribution in [0, 0.1) is 0 Å². The number of aromatic nitrogens is 1. The maximum Gasteiger partial charge on any atom is 0.270 e. The van der Waals surface area contributed by atoms with Crippen LogP contribution in [-0.4, -0.2) is 43.7 Å². The zero-order chi connectivity index (χ0) is 21.7. The van der Waals surface area contributed by atoms with E-state index in [1.54, 1.807) is 17.4 Å². The van der Waals surface area contributed by atoms with Crippen molar-refractivity contribution < 1.29 is 19.1 Å². The van der Waals surface area contributed by atoms with Gasteiger partial charge in [0.25, 0.3) is 11.8 Å². The normalized spacial score (nSPS) is 13.7. The standard InChI is InChI=1S/C22H29N3O4S/c1-5-22(2,3)15-7-8-18-17(11-15)25(20(26)13-29-18)12-19-24-16(14-30-19)21(27)23-9-6-10-28-4/h7-8,11,14H,5-6,9-10,12-13H2,1-4H3,(H,23,27). The van der Waals surface area contributed by atoms with Gasteiger partial charge in [0, 0.05) is 25.6 Å². The highest BCUT2D eigenvalue weighted by Crippen LogP contribution is 2.38. The van der Waals surface area contributed by atoms with E-state index in [0.717, 1.165) is 24.1 Å². The molecule has 2 heterocycles. The molecule has 2 amide bonds. The molecule has 1 aromatic heterocycles. The maximum atomic E-state index is 12.6. The van der Waals surface area contributed by atoms with Gasteiger partial charge in [0.2, 0.25) is 0 Å². The molecule has 162 valence electrons. The van der Waals surface area contributed by atoms with Crippen LogP contribution < -0.4 is 15.0 Å². The Morgan fingerprint density at radius 3 is 2.93 bits per heavy atom. The molecule has 30 heavy (non-hydrogen) atoms. The number of ether oxygens (including phenoxy) is 2. The average molecular weight is 432 g/mol. The summed E-state index contributed by atoms with van der Waals surface area (Å²) in [6.45, 7) is 7.96. The highest BCUT2D eigenvalue weighted by atomic mass is 32.1. The van der Waals surface area contributed by atoms with E-state index in [4.69, 9.17) is 9.47 Å². The van der Waals surface area contributed by atoms with Gasteiger partial charge >= 0.3 is 0 Å². The number of hydrogen-bond acceptors (Lipinski definition) is 6. The number of thiazole rings is 1. The number of hydrogen-bond donors (Lipinski definition) is 1. The summed E-state index contributed by atoms with van der Waals surface area (Å²) < 4.78 is 10.6. The van der Waals surface area contributed by atoms with Gasteiger partial charge in [-0.15, -0.1) is 11.3 Å². The number of anilines is 1. The van der Waals surface area contributed by atoms with Gasteiger partial charge in [-0.3, -0.25) is 14.5 Å². The van der Waals surface area contributed by atoms with Crippen molar-refractivity contribution in [3.8, 4) is 5.75 Å². The summed E-state index contributed by atoms with van der Waals surface area (Å²) in [6, 6.07) is 6.03. The lowest BCUT2D eigenvalue weighted by atomic mass is 9.82. The number of fused-ring (bicyclic) bond motifs is 1. The van der Waals surface area contributed by atoms with Crippen LogP contribution in [0.5, 0.6) is 5.75 Å². The quantitative estimate of drug-likeness (QED) is 0.615. The SMILES string of the molecule is CCC(C)(C)c1ccc2c(c1)N(Cc1nc(C(=O)NCCCOC)cs1)C(=O)CO2. The van der Waals surface area contributed by atoms with E-state index < -0.39 is 0 Å². The van der Waals surface area contributed by atoms with Gasteiger partial charge in [-0.25, -0.2) is 4.98 Å². The molecular weight excluding hydrogens is 402 g/mol. The third-order valence-corrected chi connectivity index (χ3v) is 6.29. The summed E-state index contributed by atoms with van der Waals surface area (Å²) in [7, 11) is 1.63. The molecule has 0 fully saturated rings. The van der Waals surface area contributed by atoms with Gasteiger partial charge in [-0.2, -0.15) is 0 Å². The molecule has 0 saturated heterocycles. The highest BCUT2D eigenvalue weighted by Gasteiger charge is 2.29. The molecular formula is C22H29N3O4S. The molecule has 1 aromatic carbocycles. The van der Waals surface area contributed by atoms with Gasteiger partial charge in [0.05, 0.1) is 12.2 Å². The first-order valence-corrected chi connectivity index (χ1v) is 11.0. The second-order valence-corrected chi connectivity index (χ2v) is 8.86. The van der Waals surface area contributed by atoms with Crippen LogP contribution in [0.4, 0.5) is 5.69 Å². The van der Waals surface area contributed by atoms with Gasteiger partial charge in [0.1, 0.15) is 16.5 Å². The van der Waals surface area contributed by atoms with E-state index in [2.05, 4.69) is 37.1 Å². The lowest BCUT2D eigenvalue weighted by Crippen LogP contribution is -2.38. The first kappa shape index (κ1) is 22.2. The first-order valence-electron chi connectivity index (χ1n) is 10.1. The van der Waals surface area contributed by atoms with Crippen molar-refractivity contribution in [1.82, 2.24) is 10.3 Å². The van der Waals surface area contributed by atoms with Crippen LogP contribution in [0.1, 0.15) is 54.7 Å². The molecule has 3 rings (SSSR count). The van der Waals surface area contributed by atoms with Crippen LogP contribution in [0.3, 0.4) is 0 Å². The summed E-state index contributed by atoms with van der Waals surface area (Å²) in [5.41, 5.74) is 2.28. The summed E-state index contributed by atoms with van der Waals surface area (Å²) in [5.74, 6) is 0.363. The minimum atomic E-state index is -0.214. The van der Waals surface area contributed by atoms with Crippen molar-refractivity contribution in [1.29, 1.82) is 0 Å². The van der Waals surface area contributed by atoms with Crippen LogP contribution in [0.15, 0.2) is 23.6 Å². The van der Waals surface area contributed by atoms with E-state index in [0.29, 0.717) is 36.1 Å². The summed E-state index contributed by atoms with van der Waals surface area (Å²) in [4.78, 5) is 31.0. The molecule has 8 heteroatoms. The molecule has 0 atom stereocenters. The van der Waals surface area contributed by atoms with Gasteiger partial charge in [-0.05, 0) is 36.0 Å². The van der Waals surface area contributed by atoms with E-state index in [9.17, 15) is 9.59 Å². The molecule has 1 aliphatic heterocycles. The Hall–Kier alpha value is -2.45. The fraction of sp³-hybridized carbons (Fsp3) is 0.500. The molecule has 0 aliphatic carbocycles. The Morgan fingerprint density at radius 2 is 2.20 bits per heavy atom. The molecule has 0 unspecified atom stereocenters. The van der Waals surface area contributed by atoms with Gasteiger partial charge in [0.15, 0.2) is 6.61 Å². The molecule has 2 aromatic rings. The third kappa shape index (κ3) is 4.99. The maximum absolute atomic E-state index is 12.6. The van der Waals surface area contributed by atoms with E-state index in [-0.39, 0.29) is 23.8 Å². The second-order valence-electron chi connectivity index (χ2n) is 7.92. The Morgan fingerprint density at radius 1 is 1.40 bits per heavy atom. The smallest absolute Gasteiger partial charge is 0.270 e. The molecule has 0 bridgehead atoms. The van der Waals surface area contributed by atoms with Crippen LogP contribution in [0.25, 0.3) is 0 Å². The first-order chi connectivity index (χ1) is 14.4. The van der Waals surface area contributed by atoms with Crippen molar-refractivity contribution in [3.05, 3.63) is 39.8 Å². The molecule has 0 radical (unpaired) electrons. The van der Waals surface area contributed by atoms with Crippen molar-refractivity contribution in [3.63, 3.8) is 0 Å². The molecule has 0 spiro atoms. The third-order valence-electron chi connectivity index (χ3n) is 5.46. The molecule has 7 nitrogen and oxygen atoms in total. The predicted molar refractivity (Wildman–Crippen MR) is 117 cm³/mol. The minimum Gasteiger partial charge on any atom is -0.482 e. The van der Waals surface area contributed by atoms with E-state index in [1.807, 2.05) is 12.1 Å². The Balaban J connectivity index is 1.76. The fourth-order valence-electron chi connectivity index (χ4n) is 3.13. The average Bonchev–Trinajstić information content (AvgIpc) is 3.21. The Kier molecular flexibility index (Phi) is 7.10. The lowest BCUT2D eigenvalue weighted by Gasteiger charge is -2.31. The van der Waals surface area contributed by atoms with E-state index >= 15 is 0 Å². The summed E-state index contributed by atoms with van der Waals surface area (Å²) in [5, 5.41) is 5.26. The second kappa shape index (κ2) is 9.57. The fourth-order valence-corrected chi connectivity index (χ4v) is 3.89. The zero-order valence-electron chi connectivity index (χ0n) is 18.0. The molecule has 1 aliphatic rings. The molecule has 0 saturated carbocycles. The van der Waals surface area contributed by atoms with Gasteiger partial charge in [-0.1, -0.05) is 26.8 Å². The Labute approximate surface area is 181 Å². The summed E-state index contributed by atoms with van der Waals surface area (Å²) in [6.07, 6.45) is 1.73. The van der Waals surface area contributed by atoms with Crippen LogP contribution in [0.2, 0.25) is 0 Å². The summed E-state index contributed by atoms with van der Waals surface area (Å²) >= 11 is 1.37. The molecule has 1 N–H and O–H groups in total. The Bertz CT molecular complexity index is 910. The topological polar surface area (TPSA) is 80.8 Å². The largest absolute Gasteiger partial charge is 0.482 e. The highest BCUT2D eigenvalue weighted by molar-refractivity contribution is 7.09. The van der Waals surface area contributed by atoms with Crippen molar-refractivity contribution >= 4 is 28.8 Å². The number of methoxy groups -OCH3 is 1. The number of nitrogens with zero attached hydrogens (tertiary/aromatic N) is 2. The predicted octanol–water partition coefficient (Wildman–Crippen LogP) is 3.52. The van der Waals surface area contributed by atoms with Crippen molar-refractivity contribution in [2.75, 3.05) is 31.8 Å². The van der Waals surface area contributed by atoms with Crippen LogP contribution >= 0.6 is 11.3 Å². The number of nitrogens with one attached hydrogen (secondary N) is 1. The number of carbonyl (C=O) groups excluding carboxylic acids is 2.